The third-order valence-corrected chi connectivity index (χ3v) is 18.1. The first kappa shape index (κ1) is 57.8. The third-order valence-electron chi connectivity index (χ3n) is 17.2. The number of nitrogens with one attached hydrogen (secondary N) is 3. The van der Waals surface area contributed by atoms with Crippen molar-refractivity contribution in [2.24, 2.45) is 41.2 Å². The lowest BCUT2D eigenvalue weighted by Gasteiger charge is -2.32. The Morgan fingerprint density at radius 3 is 2.23 bits per heavy atom. The predicted molar refractivity (Wildman–Crippen MR) is 329 cm³/mol. The molecule has 0 amide bonds. The summed E-state index contributed by atoms with van der Waals surface area (Å²) in [7, 11) is 2.29. The standard InChI is InChI=1S/C54H70N6S.C9H17NS.C2H5N/c1-9-37-19-16-36(17-20-39-18-15-33(4)27-45(39)40-21-23-47-49(29-40)57-53(55-47)51-44-14-12-13-42(44)31-59(51)7)28-46(37)41-22-24-48-50(30-41)58-54(56-48)52-43(11-3)38(10-2)32-60(52)35(6)34(5)25-26-61-8;1-4-8(3)10-9(5-2)6-7-11;1-2-3/h15-16,18,21-24,27-30,34,37-38,42-44,51-52H,6,9-14,17,19-20,25-26,31-32H2,1-5,7-8H3,(H,55,57)(H,56,58);5,9-11H,2-4,6-7H2,1H3;2H,1,3H2. The lowest BCUT2D eigenvalue weighted by molar-refractivity contribution is 0.244. The number of fused-ring (bicyclic) bond motifs is 3. The third kappa shape index (κ3) is 13.6. The molecule has 8 nitrogen and oxygen atoms in total. The molecule has 404 valence electrons. The monoisotopic (exact) mass is 1050 g/mol. The average Bonchev–Trinajstić information content (AvgIpc) is 4.27. The molecule has 2 aliphatic carbocycles. The molecule has 3 aromatic carbocycles. The number of thioether (sulfide) groups is 1. The maximum atomic E-state index is 5.33. The first-order valence-electron chi connectivity index (χ1n) is 28.5. The molecule has 1 saturated carbocycles. The minimum atomic E-state index is 0.242. The summed E-state index contributed by atoms with van der Waals surface area (Å²) in [6.07, 6.45) is 24.2. The second kappa shape index (κ2) is 27.4. The van der Waals surface area contributed by atoms with Crippen LogP contribution in [0.1, 0.15) is 146 Å². The molecule has 2 aliphatic heterocycles. The van der Waals surface area contributed by atoms with Crippen molar-refractivity contribution in [3.05, 3.63) is 151 Å². The highest BCUT2D eigenvalue weighted by atomic mass is 32.2. The van der Waals surface area contributed by atoms with Crippen LogP contribution in [0, 0.1) is 42.4 Å². The van der Waals surface area contributed by atoms with Gasteiger partial charge in [0, 0.05) is 30.5 Å². The van der Waals surface area contributed by atoms with E-state index in [0.29, 0.717) is 35.8 Å². The van der Waals surface area contributed by atoms with E-state index < -0.39 is 0 Å². The maximum absolute atomic E-state index is 5.33. The van der Waals surface area contributed by atoms with Crippen LogP contribution in [0.5, 0.6) is 0 Å². The van der Waals surface area contributed by atoms with Crippen molar-refractivity contribution in [1.82, 2.24) is 35.1 Å². The smallest absolute Gasteiger partial charge is 0.130 e. The number of aromatic amines is 2. The fraction of sp³-hybridized carbons (Fsp3) is 0.508. The highest BCUT2D eigenvalue weighted by Crippen LogP contribution is 2.49. The van der Waals surface area contributed by atoms with Gasteiger partial charge in [-0.3, -0.25) is 4.90 Å². The molecule has 5 N–H and O–H groups in total. The molecule has 2 saturated heterocycles. The highest BCUT2D eigenvalue weighted by molar-refractivity contribution is 7.98. The maximum Gasteiger partial charge on any atom is 0.130 e. The molecule has 5 aromatic rings. The fourth-order valence-electron chi connectivity index (χ4n) is 12.9. The van der Waals surface area contributed by atoms with Gasteiger partial charge in [-0.2, -0.15) is 24.4 Å². The second-order valence-electron chi connectivity index (χ2n) is 22.0. The molecule has 9 unspecified atom stereocenters. The number of allylic oxidation sites excluding steroid dienone is 6. The zero-order valence-electron chi connectivity index (χ0n) is 47.1. The van der Waals surface area contributed by atoms with Gasteiger partial charge in [0.1, 0.15) is 11.6 Å². The molecule has 75 heavy (non-hydrogen) atoms. The Kier molecular flexibility index (Phi) is 21.1. The van der Waals surface area contributed by atoms with Crippen LogP contribution >= 0.6 is 24.4 Å². The second-order valence-corrected chi connectivity index (χ2v) is 23.5. The van der Waals surface area contributed by atoms with Crippen LogP contribution < -0.4 is 11.1 Å². The Balaban J connectivity index is 0.000000518. The number of hydrogen-bond donors (Lipinski definition) is 5. The van der Waals surface area contributed by atoms with E-state index in [1.54, 1.807) is 0 Å². The number of hydrogen-bond acceptors (Lipinski definition) is 8. The number of nitrogens with two attached hydrogens (primary N) is 1. The summed E-state index contributed by atoms with van der Waals surface area (Å²) >= 11 is 6.08. The van der Waals surface area contributed by atoms with Gasteiger partial charge in [0.15, 0.2) is 0 Å². The normalized spacial score (nSPS) is 23.1. The lowest BCUT2D eigenvalue weighted by Crippen LogP contribution is -2.28. The summed E-state index contributed by atoms with van der Waals surface area (Å²) in [6.45, 7) is 31.4. The van der Waals surface area contributed by atoms with Crippen LogP contribution in [0.15, 0.2) is 122 Å². The van der Waals surface area contributed by atoms with Crippen LogP contribution in [0.4, 0.5) is 0 Å². The Morgan fingerprint density at radius 1 is 0.893 bits per heavy atom. The van der Waals surface area contributed by atoms with E-state index in [4.69, 9.17) is 16.5 Å². The molecule has 0 bridgehead atoms. The number of H-pyrrole nitrogens is 2. The van der Waals surface area contributed by atoms with Gasteiger partial charge in [0.2, 0.25) is 0 Å². The number of aromatic nitrogens is 4. The summed E-state index contributed by atoms with van der Waals surface area (Å²) in [5.74, 6) is 8.06. The largest absolute Gasteiger partial charge is 0.405 e. The Hall–Kier alpha value is -4.90. The summed E-state index contributed by atoms with van der Waals surface area (Å²) in [5.41, 5.74) is 21.0. The van der Waals surface area contributed by atoms with E-state index >= 15 is 0 Å². The molecule has 2 aromatic heterocycles. The van der Waals surface area contributed by atoms with E-state index in [-0.39, 0.29) is 6.04 Å². The first-order chi connectivity index (χ1) is 36.3. The summed E-state index contributed by atoms with van der Waals surface area (Å²) in [4.78, 5) is 23.4. The van der Waals surface area contributed by atoms with Gasteiger partial charge in [0.25, 0.3) is 0 Å². The van der Waals surface area contributed by atoms with Crippen molar-refractivity contribution in [3.63, 3.8) is 0 Å². The molecular weight excluding hydrogens is 957 g/mol. The van der Waals surface area contributed by atoms with Crippen molar-refractivity contribution in [2.75, 3.05) is 37.9 Å². The van der Waals surface area contributed by atoms with E-state index in [9.17, 15) is 0 Å². The molecular formula is C65H92N8S2. The first-order valence-corrected chi connectivity index (χ1v) is 30.5. The topological polar surface area (TPSA) is 102 Å². The molecule has 0 spiro atoms. The Bertz CT molecular complexity index is 2780. The summed E-state index contributed by atoms with van der Waals surface area (Å²) < 4.78 is 0. The molecule has 9 atom stereocenters. The number of thiol groups is 1. The minimum absolute atomic E-state index is 0.242. The summed E-state index contributed by atoms with van der Waals surface area (Å²) in [5, 5.41) is 3.26. The van der Waals surface area contributed by atoms with E-state index in [0.717, 1.165) is 108 Å². The van der Waals surface area contributed by atoms with Gasteiger partial charge in [-0.15, -0.1) is 6.58 Å². The van der Waals surface area contributed by atoms with E-state index in [1.165, 1.54) is 95.3 Å². The van der Waals surface area contributed by atoms with Crippen LogP contribution in [-0.4, -0.2) is 73.7 Å². The van der Waals surface area contributed by atoms with Crippen molar-refractivity contribution < 1.29 is 0 Å². The quantitative estimate of drug-likeness (QED) is 0.0369. The van der Waals surface area contributed by atoms with Crippen molar-refractivity contribution in [2.45, 2.75) is 137 Å². The average molecular weight is 1050 g/mol. The van der Waals surface area contributed by atoms with Gasteiger partial charge in [0.05, 0.1) is 34.2 Å². The molecule has 0 radical (unpaired) electrons. The zero-order chi connectivity index (χ0) is 53.8. The molecule has 4 heterocycles. The Labute approximate surface area is 462 Å². The highest BCUT2D eigenvalue weighted by Gasteiger charge is 2.45. The van der Waals surface area contributed by atoms with Crippen LogP contribution in [0.3, 0.4) is 0 Å². The SMILES string of the molecule is C=C(C(C)CCSC)N1CC(CC)C(CC)C1c1nc2ccc(C3=CC(CCc4ccc(C)cc4-c4ccc5nc(C6C7CCCC7CN6C)[nH]c5c4)=CCC3CC)cc2[nH]1.C=CC(CCS)NC(=C)CC.C=CN. The van der Waals surface area contributed by atoms with Gasteiger partial charge in [-0.1, -0.05) is 133 Å². The number of benzene rings is 3. The molecule has 4 aliphatic rings. The van der Waals surface area contributed by atoms with E-state index in [2.05, 4.69) is 185 Å². The zero-order valence-corrected chi connectivity index (χ0v) is 48.8. The molecule has 9 rings (SSSR count). The van der Waals surface area contributed by atoms with Gasteiger partial charge in [-0.25, -0.2) is 9.97 Å². The number of aryl methyl sites for hydroxylation is 2. The van der Waals surface area contributed by atoms with E-state index in [1.807, 2.05) is 17.8 Å². The Morgan fingerprint density at radius 2 is 1.59 bits per heavy atom. The van der Waals surface area contributed by atoms with Gasteiger partial charge >= 0.3 is 0 Å². The van der Waals surface area contributed by atoms with Crippen LogP contribution in [-0.2, 0) is 6.42 Å². The van der Waals surface area contributed by atoms with Crippen molar-refractivity contribution >= 4 is 52.0 Å². The molecule has 10 heteroatoms. The number of imidazole rings is 2. The van der Waals surface area contributed by atoms with Crippen molar-refractivity contribution in [3.8, 4) is 11.1 Å². The minimum Gasteiger partial charge on any atom is -0.405 e. The van der Waals surface area contributed by atoms with Crippen LogP contribution in [0.2, 0.25) is 0 Å². The number of likely N-dealkylation sites (tertiary alicyclic amines) is 2. The van der Waals surface area contributed by atoms with Gasteiger partial charge in [-0.05, 0) is 183 Å². The summed E-state index contributed by atoms with van der Waals surface area (Å²) in [6, 6.07) is 21.9. The number of rotatable bonds is 21. The van der Waals surface area contributed by atoms with Gasteiger partial charge < -0.3 is 25.9 Å². The fourth-order valence-corrected chi connectivity index (χ4v) is 13.7. The van der Waals surface area contributed by atoms with Crippen LogP contribution in [0.25, 0.3) is 38.8 Å². The van der Waals surface area contributed by atoms with Crippen molar-refractivity contribution in [1.29, 1.82) is 0 Å². The number of nitrogens with zero attached hydrogens (tertiary/aromatic N) is 4. The molecule has 3 fully saturated rings. The lowest BCUT2D eigenvalue weighted by atomic mass is 9.81. The predicted octanol–water partition coefficient (Wildman–Crippen LogP) is 16.0.